The summed E-state index contributed by atoms with van der Waals surface area (Å²) in [5, 5.41) is 0. The molecule has 1 unspecified atom stereocenters. The predicted molar refractivity (Wildman–Crippen MR) is 83.9 cm³/mol. The summed E-state index contributed by atoms with van der Waals surface area (Å²) in [6.07, 6.45) is 2.43. The maximum atomic E-state index is 5.84. The van der Waals surface area contributed by atoms with Crippen LogP contribution in [0.3, 0.4) is 0 Å². The minimum Gasteiger partial charge on any atom is -0.389 e. The van der Waals surface area contributed by atoms with Crippen molar-refractivity contribution in [2.75, 3.05) is 31.7 Å². The molecule has 2 rings (SSSR count). The Morgan fingerprint density at radius 2 is 2.32 bits per heavy atom. The quantitative estimate of drug-likeness (QED) is 0.859. The normalized spacial score (nSPS) is 19.5. The first-order chi connectivity index (χ1) is 9.11. The number of ether oxygens (including phenoxy) is 1. The third kappa shape index (κ3) is 3.45. The predicted octanol–water partition coefficient (Wildman–Crippen LogP) is 2.49. The minimum absolute atomic E-state index is 0.476. The first-order valence-electron chi connectivity index (χ1n) is 6.76. The summed E-state index contributed by atoms with van der Waals surface area (Å²) < 4.78 is 5.29. The van der Waals surface area contributed by atoms with Crippen molar-refractivity contribution in [2.24, 2.45) is 11.7 Å². The lowest BCUT2D eigenvalue weighted by molar-refractivity contribution is 0.143. The van der Waals surface area contributed by atoms with Crippen molar-refractivity contribution in [3.05, 3.63) is 29.3 Å². The second kappa shape index (κ2) is 6.35. The van der Waals surface area contributed by atoms with E-state index >= 15 is 0 Å². The van der Waals surface area contributed by atoms with E-state index < -0.39 is 0 Å². The van der Waals surface area contributed by atoms with Gasteiger partial charge in [0.2, 0.25) is 0 Å². The van der Waals surface area contributed by atoms with Gasteiger partial charge in [-0.05, 0) is 43.4 Å². The Balaban J connectivity index is 2.24. The molecular weight excluding hydrogens is 256 g/mol. The highest BCUT2D eigenvalue weighted by atomic mass is 32.1. The van der Waals surface area contributed by atoms with Crippen LogP contribution in [0.4, 0.5) is 5.69 Å². The molecule has 0 aromatic heterocycles. The van der Waals surface area contributed by atoms with Crippen molar-refractivity contribution in [1.29, 1.82) is 0 Å². The molecule has 1 saturated heterocycles. The summed E-state index contributed by atoms with van der Waals surface area (Å²) in [5.74, 6) is 0.596. The zero-order valence-corrected chi connectivity index (χ0v) is 12.5. The van der Waals surface area contributed by atoms with Crippen LogP contribution in [0.25, 0.3) is 0 Å². The van der Waals surface area contributed by atoms with E-state index in [1.165, 1.54) is 24.1 Å². The Labute approximate surface area is 120 Å². The topological polar surface area (TPSA) is 38.5 Å². The maximum Gasteiger partial charge on any atom is 0.106 e. The van der Waals surface area contributed by atoms with Crippen LogP contribution in [0.5, 0.6) is 0 Å². The van der Waals surface area contributed by atoms with Crippen molar-refractivity contribution < 1.29 is 4.74 Å². The molecule has 1 aliphatic heterocycles. The molecular formula is C15H22N2OS. The minimum atomic E-state index is 0.476. The number of piperidine rings is 1. The Morgan fingerprint density at radius 3 is 3.00 bits per heavy atom. The van der Waals surface area contributed by atoms with E-state index in [2.05, 4.69) is 24.0 Å². The largest absolute Gasteiger partial charge is 0.389 e. The van der Waals surface area contributed by atoms with Gasteiger partial charge in [0.1, 0.15) is 4.99 Å². The standard InChI is InChI=1S/C15H22N2OS/c1-11-5-6-13(15(16)19)14(8-11)17-7-3-4-12(9-17)10-18-2/h5-6,8,12H,3-4,7,9-10H2,1-2H3,(H2,16,19). The van der Waals surface area contributed by atoms with E-state index in [-0.39, 0.29) is 0 Å². The van der Waals surface area contributed by atoms with Crippen molar-refractivity contribution in [3.8, 4) is 0 Å². The highest BCUT2D eigenvalue weighted by Gasteiger charge is 2.22. The van der Waals surface area contributed by atoms with Gasteiger partial charge in [-0.15, -0.1) is 0 Å². The zero-order chi connectivity index (χ0) is 13.8. The van der Waals surface area contributed by atoms with Gasteiger partial charge in [0.05, 0.1) is 6.61 Å². The summed E-state index contributed by atoms with van der Waals surface area (Å²) in [7, 11) is 1.77. The van der Waals surface area contributed by atoms with Gasteiger partial charge in [-0.1, -0.05) is 18.3 Å². The molecule has 1 atom stereocenters. The Kier molecular flexibility index (Phi) is 4.77. The van der Waals surface area contributed by atoms with Crippen LogP contribution in [0.15, 0.2) is 18.2 Å². The number of methoxy groups -OCH3 is 1. The number of nitrogens with zero attached hydrogens (tertiary/aromatic N) is 1. The molecule has 0 amide bonds. The van der Waals surface area contributed by atoms with Crippen LogP contribution >= 0.6 is 12.2 Å². The average molecular weight is 278 g/mol. The molecule has 2 N–H and O–H groups in total. The van der Waals surface area contributed by atoms with Gasteiger partial charge in [0, 0.05) is 31.5 Å². The summed E-state index contributed by atoms with van der Waals surface area (Å²) in [6, 6.07) is 6.28. The smallest absolute Gasteiger partial charge is 0.106 e. The van der Waals surface area contributed by atoms with Gasteiger partial charge in [-0.25, -0.2) is 0 Å². The van der Waals surface area contributed by atoms with Gasteiger partial charge >= 0.3 is 0 Å². The maximum absolute atomic E-state index is 5.84. The highest BCUT2D eigenvalue weighted by Crippen LogP contribution is 2.27. The Bertz CT molecular complexity index is 459. The summed E-state index contributed by atoms with van der Waals surface area (Å²) in [6.45, 7) is 5.01. The highest BCUT2D eigenvalue weighted by molar-refractivity contribution is 7.80. The molecule has 104 valence electrons. The van der Waals surface area contributed by atoms with Crippen molar-refractivity contribution in [3.63, 3.8) is 0 Å². The Hall–Kier alpha value is -1.13. The summed E-state index contributed by atoms with van der Waals surface area (Å²) in [4.78, 5) is 2.87. The van der Waals surface area contributed by atoms with Crippen molar-refractivity contribution >= 4 is 22.9 Å². The molecule has 1 aromatic rings. The molecule has 0 spiro atoms. The molecule has 19 heavy (non-hydrogen) atoms. The number of aryl methyl sites for hydroxylation is 1. The lowest BCUT2D eigenvalue weighted by atomic mass is 9.97. The lowest BCUT2D eigenvalue weighted by Crippen LogP contribution is -2.38. The van der Waals surface area contributed by atoms with E-state index in [1.807, 2.05) is 6.07 Å². The lowest BCUT2D eigenvalue weighted by Gasteiger charge is -2.35. The molecule has 0 bridgehead atoms. The van der Waals surface area contributed by atoms with E-state index in [4.69, 9.17) is 22.7 Å². The van der Waals surface area contributed by atoms with Gasteiger partial charge in [-0.2, -0.15) is 0 Å². The molecule has 1 aliphatic rings. The van der Waals surface area contributed by atoms with Crippen molar-refractivity contribution in [2.45, 2.75) is 19.8 Å². The first kappa shape index (κ1) is 14.3. The van der Waals surface area contributed by atoms with Crippen LogP contribution in [0, 0.1) is 12.8 Å². The van der Waals surface area contributed by atoms with Crippen LogP contribution in [-0.4, -0.2) is 31.8 Å². The monoisotopic (exact) mass is 278 g/mol. The number of anilines is 1. The first-order valence-corrected chi connectivity index (χ1v) is 7.17. The average Bonchev–Trinajstić information content (AvgIpc) is 2.39. The number of hydrogen-bond donors (Lipinski definition) is 1. The van der Waals surface area contributed by atoms with Gasteiger partial charge < -0.3 is 15.4 Å². The van der Waals surface area contributed by atoms with Crippen LogP contribution in [-0.2, 0) is 4.74 Å². The number of benzene rings is 1. The van der Waals surface area contributed by atoms with Crippen LogP contribution < -0.4 is 10.6 Å². The molecule has 0 aliphatic carbocycles. The van der Waals surface area contributed by atoms with Crippen LogP contribution in [0.1, 0.15) is 24.0 Å². The Morgan fingerprint density at radius 1 is 1.53 bits per heavy atom. The van der Waals surface area contributed by atoms with E-state index in [0.29, 0.717) is 10.9 Å². The zero-order valence-electron chi connectivity index (χ0n) is 11.7. The van der Waals surface area contributed by atoms with Gasteiger partial charge in [-0.3, -0.25) is 0 Å². The molecule has 0 saturated carbocycles. The number of rotatable bonds is 4. The van der Waals surface area contributed by atoms with Crippen LogP contribution in [0.2, 0.25) is 0 Å². The SMILES string of the molecule is COCC1CCCN(c2cc(C)ccc2C(N)=S)C1. The fourth-order valence-corrected chi connectivity index (χ4v) is 2.94. The third-order valence-electron chi connectivity index (χ3n) is 3.68. The molecule has 3 nitrogen and oxygen atoms in total. The molecule has 4 heteroatoms. The number of hydrogen-bond acceptors (Lipinski definition) is 3. The summed E-state index contributed by atoms with van der Waals surface area (Å²) in [5.41, 5.74) is 9.24. The van der Waals surface area contributed by atoms with Crippen molar-refractivity contribution in [1.82, 2.24) is 0 Å². The summed E-state index contributed by atoms with van der Waals surface area (Å²) >= 11 is 5.17. The number of thiocarbonyl (C=S) groups is 1. The molecule has 0 radical (unpaired) electrons. The number of nitrogens with two attached hydrogens (primary N) is 1. The second-order valence-corrected chi connectivity index (χ2v) is 5.73. The fraction of sp³-hybridized carbons (Fsp3) is 0.533. The second-order valence-electron chi connectivity index (χ2n) is 5.29. The third-order valence-corrected chi connectivity index (χ3v) is 3.90. The van der Waals surface area contributed by atoms with Gasteiger partial charge in [0.25, 0.3) is 0 Å². The van der Waals surface area contributed by atoms with E-state index in [9.17, 15) is 0 Å². The molecule has 1 aromatic carbocycles. The fourth-order valence-electron chi connectivity index (χ4n) is 2.77. The van der Waals surface area contributed by atoms with Gasteiger partial charge in [0.15, 0.2) is 0 Å². The molecule has 1 fully saturated rings. The van der Waals surface area contributed by atoms with E-state index in [0.717, 1.165) is 25.3 Å². The van der Waals surface area contributed by atoms with E-state index in [1.54, 1.807) is 7.11 Å². The molecule has 1 heterocycles.